The van der Waals surface area contributed by atoms with Crippen LogP contribution in [0.4, 0.5) is 0 Å². The van der Waals surface area contributed by atoms with Gasteiger partial charge in [-0.2, -0.15) is 0 Å². The van der Waals surface area contributed by atoms with Gasteiger partial charge in [0.1, 0.15) is 5.75 Å². The Morgan fingerprint density at radius 2 is 2.00 bits per heavy atom. The predicted molar refractivity (Wildman–Crippen MR) is 72.6 cm³/mol. The van der Waals surface area contributed by atoms with Crippen molar-refractivity contribution in [1.82, 2.24) is 0 Å². The van der Waals surface area contributed by atoms with E-state index in [-0.39, 0.29) is 0 Å². The van der Waals surface area contributed by atoms with E-state index in [1.165, 1.54) is 0 Å². The number of benzene rings is 1. The van der Waals surface area contributed by atoms with Crippen molar-refractivity contribution in [2.75, 3.05) is 6.61 Å². The van der Waals surface area contributed by atoms with Crippen LogP contribution in [-0.4, -0.2) is 15.4 Å². The molecule has 0 saturated carbocycles. The first kappa shape index (κ1) is 12.8. The van der Waals surface area contributed by atoms with Crippen LogP contribution in [0, 0.1) is 0 Å². The summed E-state index contributed by atoms with van der Waals surface area (Å²) < 4.78 is 6.89. The maximum Gasteiger partial charge on any atom is 0.120 e. The van der Waals surface area contributed by atoms with E-state index in [1.54, 1.807) is 0 Å². The van der Waals surface area contributed by atoms with Crippen molar-refractivity contribution >= 4 is 24.7 Å². The minimum absolute atomic E-state index is 0.350. The van der Waals surface area contributed by atoms with E-state index in [4.69, 9.17) is 4.74 Å². The van der Waals surface area contributed by atoms with Gasteiger partial charge in [-0.25, -0.2) is 0 Å². The largest absolute Gasteiger partial charge is 0.493 e. The first-order chi connectivity index (χ1) is 6.92. The molecule has 0 aliphatic heterocycles. The molecule has 0 bridgehead atoms. The zero-order valence-corrected chi connectivity index (χ0v) is 12.6. The van der Waals surface area contributed by atoms with Crippen molar-refractivity contribution in [2.45, 2.75) is 32.0 Å². The molecule has 0 saturated heterocycles. The monoisotopic (exact) mass is 286 g/mol. The van der Waals surface area contributed by atoms with Crippen LogP contribution in [0.1, 0.15) is 13.8 Å². The number of ether oxygens (including phenoxy) is 1. The molecule has 0 aliphatic rings. The van der Waals surface area contributed by atoms with Gasteiger partial charge in [-0.15, -0.1) is 0 Å². The van der Waals surface area contributed by atoms with E-state index in [1.807, 2.05) is 24.3 Å². The van der Waals surface area contributed by atoms with Crippen LogP contribution in [0.3, 0.4) is 0 Å². The van der Waals surface area contributed by atoms with E-state index in [0.717, 1.165) is 16.8 Å². The Morgan fingerprint density at radius 3 is 2.53 bits per heavy atom. The molecule has 0 radical (unpaired) electrons. The summed E-state index contributed by atoms with van der Waals surface area (Å²) in [6.07, 6.45) is 0. The third-order valence-corrected chi connectivity index (χ3v) is 6.76. The summed E-state index contributed by atoms with van der Waals surface area (Å²) in [5.41, 5.74) is 0. The van der Waals surface area contributed by atoms with Gasteiger partial charge >= 0.3 is 0 Å². The fourth-order valence-corrected chi connectivity index (χ4v) is 1.79. The summed E-state index contributed by atoms with van der Waals surface area (Å²) in [5, 5.41) is 0.350. The van der Waals surface area contributed by atoms with Crippen LogP contribution in [0.2, 0.25) is 18.1 Å². The Morgan fingerprint density at radius 1 is 1.33 bits per heavy atom. The second kappa shape index (κ2) is 5.17. The van der Waals surface area contributed by atoms with Crippen LogP contribution in [0.25, 0.3) is 0 Å². The second-order valence-corrected chi connectivity index (χ2v) is 9.68. The lowest BCUT2D eigenvalue weighted by Crippen LogP contribution is -2.27. The van der Waals surface area contributed by atoms with Crippen molar-refractivity contribution in [2.24, 2.45) is 0 Å². The van der Waals surface area contributed by atoms with Crippen LogP contribution < -0.4 is 4.74 Å². The van der Waals surface area contributed by atoms with Crippen LogP contribution in [0.5, 0.6) is 5.75 Å². The number of rotatable bonds is 4. The molecular formula is C12H19BrOSi. The molecule has 0 spiro atoms. The summed E-state index contributed by atoms with van der Waals surface area (Å²) in [6, 6.07) is 8.02. The Balaban J connectivity index is 2.57. The van der Waals surface area contributed by atoms with Gasteiger partial charge in [-0.3, -0.25) is 0 Å². The fraction of sp³-hybridized carbons (Fsp3) is 0.500. The standard InChI is InChI=1S/C12H19BrOSi/c1-12(2,15(3)4)9-14-11-7-5-6-10(13)8-11/h5-8,15H,9H2,1-4H3. The normalized spacial score (nSPS) is 11.9. The first-order valence-corrected chi connectivity index (χ1v) is 8.98. The van der Waals surface area contributed by atoms with Crippen molar-refractivity contribution in [3.63, 3.8) is 0 Å². The Hall–Kier alpha value is -0.283. The van der Waals surface area contributed by atoms with Gasteiger partial charge < -0.3 is 4.74 Å². The van der Waals surface area contributed by atoms with Gasteiger partial charge in [-0.1, -0.05) is 48.9 Å². The summed E-state index contributed by atoms with van der Waals surface area (Å²) in [5.74, 6) is 0.951. The van der Waals surface area contributed by atoms with Gasteiger partial charge in [0.25, 0.3) is 0 Å². The summed E-state index contributed by atoms with van der Waals surface area (Å²) in [6.45, 7) is 10.1. The highest BCUT2D eigenvalue weighted by Crippen LogP contribution is 2.29. The molecule has 3 heteroatoms. The Labute approximate surface area is 103 Å². The van der Waals surface area contributed by atoms with E-state index >= 15 is 0 Å². The molecule has 84 valence electrons. The predicted octanol–water partition coefficient (Wildman–Crippen LogP) is 4.09. The third-order valence-electron chi connectivity index (χ3n) is 2.97. The van der Waals surface area contributed by atoms with Crippen molar-refractivity contribution in [3.05, 3.63) is 28.7 Å². The van der Waals surface area contributed by atoms with E-state index in [2.05, 4.69) is 42.9 Å². The van der Waals surface area contributed by atoms with Gasteiger partial charge in [0.05, 0.1) is 6.61 Å². The Bertz CT molecular complexity index is 323. The lowest BCUT2D eigenvalue weighted by Gasteiger charge is -2.28. The zero-order chi connectivity index (χ0) is 11.5. The molecule has 0 atom stereocenters. The molecule has 0 amide bonds. The van der Waals surface area contributed by atoms with E-state index < -0.39 is 8.80 Å². The average Bonchev–Trinajstić information content (AvgIpc) is 2.15. The minimum Gasteiger partial charge on any atom is -0.493 e. The molecule has 0 aromatic heterocycles. The number of halogens is 1. The summed E-state index contributed by atoms with van der Waals surface area (Å²) in [4.78, 5) is 0. The highest BCUT2D eigenvalue weighted by atomic mass is 79.9. The minimum atomic E-state index is -0.670. The highest BCUT2D eigenvalue weighted by molar-refractivity contribution is 9.10. The lowest BCUT2D eigenvalue weighted by atomic mass is 10.2. The molecule has 0 heterocycles. The van der Waals surface area contributed by atoms with Gasteiger partial charge in [-0.05, 0) is 23.2 Å². The molecule has 1 aromatic rings. The van der Waals surface area contributed by atoms with Crippen LogP contribution in [-0.2, 0) is 0 Å². The van der Waals surface area contributed by atoms with Crippen molar-refractivity contribution in [1.29, 1.82) is 0 Å². The number of hydrogen-bond acceptors (Lipinski definition) is 1. The molecule has 1 aromatic carbocycles. The SMILES string of the molecule is C[SiH](C)C(C)(C)COc1cccc(Br)c1. The second-order valence-electron chi connectivity index (χ2n) is 4.89. The van der Waals surface area contributed by atoms with Crippen molar-refractivity contribution in [3.8, 4) is 5.75 Å². The zero-order valence-electron chi connectivity index (χ0n) is 9.88. The Kier molecular flexibility index (Phi) is 4.41. The van der Waals surface area contributed by atoms with E-state index in [0.29, 0.717) is 5.04 Å². The van der Waals surface area contributed by atoms with Gasteiger partial charge in [0.15, 0.2) is 0 Å². The fourth-order valence-electron chi connectivity index (χ4n) is 0.993. The van der Waals surface area contributed by atoms with E-state index in [9.17, 15) is 0 Å². The lowest BCUT2D eigenvalue weighted by molar-refractivity contribution is 0.276. The molecule has 0 N–H and O–H groups in total. The van der Waals surface area contributed by atoms with Gasteiger partial charge in [0, 0.05) is 13.3 Å². The molecule has 1 rings (SSSR count). The first-order valence-electron chi connectivity index (χ1n) is 5.30. The van der Waals surface area contributed by atoms with Gasteiger partial charge in [0.2, 0.25) is 0 Å². The maximum absolute atomic E-state index is 5.82. The molecule has 0 unspecified atom stereocenters. The number of hydrogen-bond donors (Lipinski definition) is 0. The molecule has 0 aliphatic carbocycles. The molecule has 15 heavy (non-hydrogen) atoms. The summed E-state index contributed by atoms with van der Waals surface area (Å²) in [7, 11) is -0.670. The van der Waals surface area contributed by atoms with Crippen LogP contribution >= 0.6 is 15.9 Å². The highest BCUT2D eigenvalue weighted by Gasteiger charge is 2.24. The average molecular weight is 287 g/mol. The topological polar surface area (TPSA) is 9.23 Å². The smallest absolute Gasteiger partial charge is 0.120 e. The van der Waals surface area contributed by atoms with Crippen LogP contribution in [0.15, 0.2) is 28.7 Å². The summed E-state index contributed by atoms with van der Waals surface area (Å²) >= 11 is 3.44. The quantitative estimate of drug-likeness (QED) is 0.758. The molecule has 1 nitrogen and oxygen atoms in total. The van der Waals surface area contributed by atoms with Crippen molar-refractivity contribution < 1.29 is 4.74 Å². The maximum atomic E-state index is 5.82. The molecular weight excluding hydrogens is 268 g/mol. The molecule has 0 fully saturated rings. The third kappa shape index (κ3) is 3.99.